The predicted molar refractivity (Wildman–Crippen MR) is 82.3 cm³/mol. The van der Waals surface area contributed by atoms with Crippen molar-refractivity contribution in [3.63, 3.8) is 0 Å². The van der Waals surface area contributed by atoms with Crippen LogP contribution in [-0.4, -0.2) is 20.6 Å². The molecule has 6 heteroatoms. The molecule has 1 aromatic carbocycles. The molecule has 0 unspecified atom stereocenters. The van der Waals surface area contributed by atoms with Gasteiger partial charge < -0.3 is 10.2 Å². The van der Waals surface area contributed by atoms with Gasteiger partial charge in [-0.1, -0.05) is 0 Å². The Morgan fingerprint density at radius 2 is 1.95 bits per heavy atom. The van der Waals surface area contributed by atoms with Crippen molar-refractivity contribution in [2.24, 2.45) is 5.10 Å². The van der Waals surface area contributed by atoms with Crippen LogP contribution in [0.25, 0.3) is 0 Å². The minimum atomic E-state index is -0.502. The van der Waals surface area contributed by atoms with Gasteiger partial charge in [-0.25, -0.2) is 4.68 Å². The van der Waals surface area contributed by atoms with Crippen molar-refractivity contribution in [2.75, 3.05) is 0 Å². The van der Waals surface area contributed by atoms with Gasteiger partial charge in [0.1, 0.15) is 23.1 Å². The van der Waals surface area contributed by atoms with E-state index in [2.05, 4.69) is 5.10 Å². The highest BCUT2D eigenvalue weighted by atomic mass is 16.3. The molecule has 0 spiro atoms. The number of phenols is 2. The topological polar surface area (TPSA) is 98.6 Å². The summed E-state index contributed by atoms with van der Waals surface area (Å²) in [6, 6.07) is 7.69. The average molecular weight is 297 g/mol. The van der Waals surface area contributed by atoms with E-state index in [9.17, 15) is 15.0 Å². The Labute approximate surface area is 127 Å². The normalized spacial score (nSPS) is 11.3. The summed E-state index contributed by atoms with van der Waals surface area (Å²) >= 11 is 0. The van der Waals surface area contributed by atoms with Crippen molar-refractivity contribution in [3.8, 4) is 17.6 Å². The van der Waals surface area contributed by atoms with Crippen molar-refractivity contribution in [1.29, 1.82) is 5.26 Å². The minimum Gasteiger partial charge on any atom is -0.508 e. The van der Waals surface area contributed by atoms with E-state index in [0.717, 1.165) is 4.68 Å². The van der Waals surface area contributed by atoms with E-state index in [4.69, 9.17) is 5.26 Å². The Kier molecular flexibility index (Phi) is 4.00. The number of rotatable bonds is 2. The lowest BCUT2D eigenvalue weighted by Gasteiger charge is -2.09. The van der Waals surface area contributed by atoms with Crippen LogP contribution < -0.4 is 5.56 Å². The van der Waals surface area contributed by atoms with E-state index in [0.29, 0.717) is 22.5 Å². The Hall–Kier alpha value is -3.07. The number of aromatic hydroxyl groups is 2. The Morgan fingerprint density at radius 1 is 1.27 bits per heavy atom. The number of pyridine rings is 1. The zero-order valence-corrected chi connectivity index (χ0v) is 12.5. The molecule has 0 saturated carbocycles. The maximum absolute atomic E-state index is 12.3. The van der Waals surface area contributed by atoms with Gasteiger partial charge in [0, 0.05) is 17.3 Å². The van der Waals surface area contributed by atoms with Crippen molar-refractivity contribution >= 4 is 5.71 Å². The summed E-state index contributed by atoms with van der Waals surface area (Å²) in [6.07, 6.45) is 0. The Balaban J connectivity index is 2.63. The molecule has 0 fully saturated rings. The Bertz CT molecular complexity index is 873. The summed E-state index contributed by atoms with van der Waals surface area (Å²) in [6.45, 7) is 5.03. The minimum absolute atomic E-state index is 0.0390. The lowest BCUT2D eigenvalue weighted by atomic mass is 10.1. The lowest BCUT2D eigenvalue weighted by Crippen LogP contribution is -2.23. The third-order valence-electron chi connectivity index (χ3n) is 3.29. The SMILES string of the molecule is CC(=Nn1c(C)cc(C)c(C#N)c1=O)c1ccc(O)cc1O. The zero-order valence-electron chi connectivity index (χ0n) is 12.5. The van der Waals surface area contributed by atoms with Crippen LogP contribution in [0.1, 0.15) is 29.3 Å². The summed E-state index contributed by atoms with van der Waals surface area (Å²) in [5, 5.41) is 32.4. The quantitative estimate of drug-likeness (QED) is 0.828. The maximum Gasteiger partial charge on any atom is 0.289 e. The van der Waals surface area contributed by atoms with Gasteiger partial charge in [0.05, 0.1) is 5.71 Å². The molecular weight excluding hydrogens is 282 g/mol. The first-order chi connectivity index (χ1) is 10.3. The van der Waals surface area contributed by atoms with Crippen molar-refractivity contribution in [1.82, 2.24) is 4.68 Å². The monoisotopic (exact) mass is 297 g/mol. The van der Waals surface area contributed by atoms with Gasteiger partial charge in [-0.3, -0.25) is 4.79 Å². The first kappa shape index (κ1) is 15.3. The molecule has 0 aliphatic rings. The highest BCUT2D eigenvalue weighted by Gasteiger charge is 2.11. The van der Waals surface area contributed by atoms with Crippen molar-refractivity contribution in [2.45, 2.75) is 20.8 Å². The van der Waals surface area contributed by atoms with E-state index < -0.39 is 5.56 Å². The molecular formula is C16H15N3O3. The number of hydrogen-bond donors (Lipinski definition) is 2. The van der Waals surface area contributed by atoms with Crippen LogP contribution in [0.4, 0.5) is 0 Å². The van der Waals surface area contributed by atoms with Gasteiger partial charge in [0.2, 0.25) is 0 Å². The Morgan fingerprint density at radius 3 is 2.55 bits per heavy atom. The molecule has 6 nitrogen and oxygen atoms in total. The second kappa shape index (κ2) is 5.74. The third-order valence-corrected chi connectivity index (χ3v) is 3.29. The molecule has 2 N–H and O–H groups in total. The van der Waals surface area contributed by atoms with E-state index >= 15 is 0 Å². The fraction of sp³-hybridized carbons (Fsp3) is 0.188. The molecule has 2 rings (SSSR count). The van der Waals surface area contributed by atoms with E-state index in [1.807, 2.05) is 6.07 Å². The van der Waals surface area contributed by atoms with Crippen LogP contribution in [-0.2, 0) is 0 Å². The number of hydrogen-bond acceptors (Lipinski definition) is 5. The molecule has 0 saturated heterocycles. The van der Waals surface area contributed by atoms with Gasteiger partial charge in [0.15, 0.2) is 0 Å². The van der Waals surface area contributed by atoms with Crippen molar-refractivity contribution < 1.29 is 10.2 Å². The number of aryl methyl sites for hydroxylation is 2. The number of nitriles is 1. The summed E-state index contributed by atoms with van der Waals surface area (Å²) < 4.78 is 1.13. The lowest BCUT2D eigenvalue weighted by molar-refractivity contribution is 0.450. The van der Waals surface area contributed by atoms with Crippen LogP contribution >= 0.6 is 0 Å². The fourth-order valence-electron chi connectivity index (χ4n) is 2.17. The standard InChI is InChI=1S/C16H15N3O3/c1-9-6-10(2)19(16(22)14(9)8-17)18-11(3)13-5-4-12(20)7-15(13)21/h4-7,20-21H,1-3H3. The molecule has 2 aromatic rings. The zero-order chi connectivity index (χ0) is 16.4. The summed E-state index contributed by atoms with van der Waals surface area (Å²) in [7, 11) is 0. The highest BCUT2D eigenvalue weighted by molar-refractivity contribution is 6.01. The van der Waals surface area contributed by atoms with E-state index in [1.54, 1.807) is 26.8 Å². The van der Waals surface area contributed by atoms with E-state index in [1.165, 1.54) is 18.2 Å². The van der Waals surface area contributed by atoms with Gasteiger partial charge in [-0.05, 0) is 44.5 Å². The van der Waals surface area contributed by atoms with Crippen molar-refractivity contribution in [3.05, 3.63) is 57.0 Å². The van der Waals surface area contributed by atoms with Gasteiger partial charge in [-0.15, -0.1) is 0 Å². The van der Waals surface area contributed by atoms with Crippen LogP contribution in [0.15, 0.2) is 34.2 Å². The largest absolute Gasteiger partial charge is 0.508 e. The molecule has 0 radical (unpaired) electrons. The summed E-state index contributed by atoms with van der Waals surface area (Å²) in [5.74, 6) is -0.205. The molecule has 0 aliphatic heterocycles. The van der Waals surface area contributed by atoms with Crippen LogP contribution in [0, 0.1) is 25.2 Å². The van der Waals surface area contributed by atoms with Crippen LogP contribution in [0.5, 0.6) is 11.5 Å². The first-order valence-corrected chi connectivity index (χ1v) is 6.56. The van der Waals surface area contributed by atoms with Crippen LogP contribution in [0.3, 0.4) is 0 Å². The first-order valence-electron chi connectivity index (χ1n) is 6.56. The number of nitrogens with zero attached hydrogens (tertiary/aromatic N) is 3. The van der Waals surface area contributed by atoms with Gasteiger partial charge in [-0.2, -0.15) is 10.4 Å². The summed E-state index contributed by atoms with van der Waals surface area (Å²) in [4.78, 5) is 12.3. The van der Waals surface area contributed by atoms with Gasteiger partial charge >= 0.3 is 0 Å². The molecule has 0 amide bonds. The molecule has 0 aliphatic carbocycles. The van der Waals surface area contributed by atoms with Crippen LogP contribution in [0.2, 0.25) is 0 Å². The average Bonchev–Trinajstić information content (AvgIpc) is 2.43. The number of phenolic OH excluding ortho intramolecular Hbond substituents is 2. The second-order valence-electron chi connectivity index (χ2n) is 4.96. The second-order valence-corrected chi connectivity index (χ2v) is 4.96. The molecule has 0 atom stereocenters. The molecule has 0 bridgehead atoms. The maximum atomic E-state index is 12.3. The van der Waals surface area contributed by atoms with E-state index in [-0.39, 0.29) is 17.1 Å². The molecule has 112 valence electrons. The smallest absolute Gasteiger partial charge is 0.289 e. The summed E-state index contributed by atoms with van der Waals surface area (Å²) in [5.41, 5.74) is 1.49. The highest BCUT2D eigenvalue weighted by Crippen LogP contribution is 2.23. The molecule has 1 aromatic heterocycles. The predicted octanol–water partition coefficient (Wildman–Crippen LogP) is 2.02. The molecule has 22 heavy (non-hydrogen) atoms. The molecule has 1 heterocycles. The number of aromatic nitrogens is 1. The fourth-order valence-corrected chi connectivity index (χ4v) is 2.17. The van der Waals surface area contributed by atoms with Gasteiger partial charge in [0.25, 0.3) is 5.56 Å². The number of benzene rings is 1. The third kappa shape index (κ3) is 2.69.